The van der Waals surface area contributed by atoms with Crippen molar-refractivity contribution in [3.05, 3.63) is 12.2 Å². The molecule has 168 valence electrons. The number of hydrogen-bond acceptors (Lipinski definition) is 5. The lowest BCUT2D eigenvalue weighted by atomic mass is 9.87. The Labute approximate surface area is 176 Å². The minimum absolute atomic E-state index is 0.120. The minimum Gasteiger partial charge on any atom is -0.392 e. The highest BCUT2D eigenvalue weighted by Gasteiger charge is 2.39. The summed E-state index contributed by atoms with van der Waals surface area (Å²) < 4.78 is 0. The molecule has 4 atom stereocenters. The first-order valence-electron chi connectivity index (χ1n) is 11.5. The zero-order valence-electron chi connectivity index (χ0n) is 18.4. The maximum atomic E-state index is 12.3. The SMILES string of the molecule is CCCCCCC(C)(O)CC=C[C@H]1[C@H](O)CC(=O)[C@@H]1CCCCCCC(=O)CO. The van der Waals surface area contributed by atoms with Gasteiger partial charge in [0, 0.05) is 24.7 Å². The average Bonchev–Trinajstić information content (AvgIpc) is 2.94. The van der Waals surface area contributed by atoms with Crippen LogP contribution < -0.4 is 0 Å². The maximum absolute atomic E-state index is 12.3. The molecule has 0 spiro atoms. The van der Waals surface area contributed by atoms with Gasteiger partial charge in [-0.25, -0.2) is 0 Å². The number of rotatable bonds is 16. The second kappa shape index (κ2) is 14.1. The Balaban J connectivity index is 2.40. The summed E-state index contributed by atoms with van der Waals surface area (Å²) in [6.07, 6.45) is 14.0. The van der Waals surface area contributed by atoms with Crippen molar-refractivity contribution in [2.45, 2.75) is 109 Å². The Morgan fingerprint density at radius 3 is 2.52 bits per heavy atom. The second-order valence-corrected chi connectivity index (χ2v) is 9.01. The van der Waals surface area contributed by atoms with Crippen LogP contribution in [0.1, 0.15) is 97.3 Å². The summed E-state index contributed by atoms with van der Waals surface area (Å²) in [5.41, 5.74) is -0.737. The molecule has 0 amide bonds. The molecular formula is C24H42O5. The fourth-order valence-electron chi connectivity index (χ4n) is 4.22. The molecule has 3 N–H and O–H groups in total. The second-order valence-electron chi connectivity index (χ2n) is 9.01. The number of Topliss-reactive ketones (excluding diaryl/α,β-unsaturated/α-hetero) is 2. The summed E-state index contributed by atoms with van der Waals surface area (Å²) in [4.78, 5) is 23.4. The first-order valence-corrected chi connectivity index (χ1v) is 11.5. The van der Waals surface area contributed by atoms with Gasteiger partial charge in [0.05, 0.1) is 11.7 Å². The predicted octanol–water partition coefficient (Wildman–Crippen LogP) is 4.12. The molecule has 0 aromatic rings. The molecule has 0 bridgehead atoms. The molecule has 1 unspecified atom stereocenters. The van der Waals surface area contributed by atoms with Gasteiger partial charge in [-0.3, -0.25) is 9.59 Å². The van der Waals surface area contributed by atoms with Gasteiger partial charge in [-0.05, 0) is 32.6 Å². The average molecular weight is 411 g/mol. The summed E-state index contributed by atoms with van der Waals surface area (Å²) in [6, 6.07) is 0. The predicted molar refractivity (Wildman–Crippen MR) is 116 cm³/mol. The van der Waals surface area contributed by atoms with E-state index in [1.165, 1.54) is 12.8 Å². The molecular weight excluding hydrogens is 368 g/mol. The Kier molecular flexibility index (Phi) is 12.6. The number of hydrogen-bond donors (Lipinski definition) is 3. The summed E-state index contributed by atoms with van der Waals surface area (Å²) in [7, 11) is 0. The quantitative estimate of drug-likeness (QED) is 0.263. The van der Waals surface area contributed by atoms with E-state index in [4.69, 9.17) is 5.11 Å². The van der Waals surface area contributed by atoms with Crippen LogP contribution in [0.2, 0.25) is 0 Å². The van der Waals surface area contributed by atoms with E-state index in [2.05, 4.69) is 6.92 Å². The molecule has 0 radical (unpaired) electrons. The van der Waals surface area contributed by atoms with Crippen LogP contribution in [-0.2, 0) is 9.59 Å². The zero-order chi connectivity index (χ0) is 21.7. The molecule has 1 saturated carbocycles. The molecule has 0 aromatic heterocycles. The van der Waals surface area contributed by atoms with Crippen LogP contribution in [-0.4, -0.2) is 45.2 Å². The number of aliphatic hydroxyl groups excluding tert-OH is 2. The Morgan fingerprint density at radius 1 is 1.14 bits per heavy atom. The van der Waals surface area contributed by atoms with Gasteiger partial charge in [0.2, 0.25) is 0 Å². The molecule has 0 aromatic carbocycles. The molecule has 0 aliphatic heterocycles. The van der Waals surface area contributed by atoms with E-state index >= 15 is 0 Å². The van der Waals surface area contributed by atoms with Crippen LogP contribution in [0.3, 0.4) is 0 Å². The number of carbonyl (C=O) groups excluding carboxylic acids is 2. The van der Waals surface area contributed by atoms with Gasteiger partial charge in [-0.1, -0.05) is 64.0 Å². The summed E-state index contributed by atoms with van der Waals surface area (Å²) in [5.74, 6) is -0.288. The van der Waals surface area contributed by atoms with Crippen molar-refractivity contribution in [3.63, 3.8) is 0 Å². The van der Waals surface area contributed by atoms with E-state index in [0.29, 0.717) is 12.8 Å². The lowest BCUT2D eigenvalue weighted by Crippen LogP contribution is -2.23. The number of aliphatic hydroxyl groups is 3. The molecule has 5 nitrogen and oxygen atoms in total. The van der Waals surface area contributed by atoms with Crippen LogP contribution in [0.15, 0.2) is 12.2 Å². The smallest absolute Gasteiger partial charge is 0.158 e. The van der Waals surface area contributed by atoms with Gasteiger partial charge in [0.15, 0.2) is 5.78 Å². The first kappa shape index (κ1) is 26.0. The lowest BCUT2D eigenvalue weighted by molar-refractivity contribution is -0.122. The van der Waals surface area contributed by atoms with E-state index in [9.17, 15) is 19.8 Å². The normalized spacial score (nSPS) is 24.3. The van der Waals surface area contributed by atoms with Gasteiger partial charge in [-0.15, -0.1) is 0 Å². The lowest BCUT2D eigenvalue weighted by Gasteiger charge is -2.22. The molecule has 1 fully saturated rings. The van der Waals surface area contributed by atoms with Gasteiger partial charge >= 0.3 is 0 Å². The van der Waals surface area contributed by atoms with Crippen LogP contribution in [0, 0.1) is 11.8 Å². The highest BCUT2D eigenvalue weighted by atomic mass is 16.3. The Hall–Kier alpha value is -1.04. The first-order chi connectivity index (χ1) is 13.8. The molecule has 0 saturated heterocycles. The molecule has 29 heavy (non-hydrogen) atoms. The Bertz CT molecular complexity index is 511. The monoisotopic (exact) mass is 410 g/mol. The topological polar surface area (TPSA) is 94.8 Å². The molecule has 5 heteroatoms. The van der Waals surface area contributed by atoms with Crippen LogP contribution in [0.25, 0.3) is 0 Å². The van der Waals surface area contributed by atoms with E-state index < -0.39 is 11.7 Å². The third-order valence-electron chi connectivity index (χ3n) is 6.11. The largest absolute Gasteiger partial charge is 0.392 e. The van der Waals surface area contributed by atoms with E-state index in [-0.39, 0.29) is 36.4 Å². The summed E-state index contributed by atoms with van der Waals surface area (Å²) >= 11 is 0. The van der Waals surface area contributed by atoms with Crippen molar-refractivity contribution in [1.29, 1.82) is 0 Å². The van der Waals surface area contributed by atoms with Crippen LogP contribution in [0.4, 0.5) is 0 Å². The van der Waals surface area contributed by atoms with Crippen LogP contribution in [0.5, 0.6) is 0 Å². The minimum atomic E-state index is -0.737. The molecule has 1 aliphatic rings. The number of carbonyl (C=O) groups is 2. The highest BCUT2D eigenvalue weighted by molar-refractivity contribution is 5.84. The molecule has 0 heterocycles. The van der Waals surface area contributed by atoms with Crippen molar-refractivity contribution >= 4 is 11.6 Å². The van der Waals surface area contributed by atoms with Crippen molar-refractivity contribution in [3.8, 4) is 0 Å². The van der Waals surface area contributed by atoms with Crippen molar-refractivity contribution in [2.24, 2.45) is 11.8 Å². The third kappa shape index (κ3) is 10.5. The van der Waals surface area contributed by atoms with E-state index in [0.717, 1.165) is 51.4 Å². The maximum Gasteiger partial charge on any atom is 0.158 e. The fourth-order valence-corrected chi connectivity index (χ4v) is 4.22. The summed E-state index contributed by atoms with van der Waals surface area (Å²) in [5, 5.41) is 29.5. The number of ketones is 2. The van der Waals surface area contributed by atoms with Crippen molar-refractivity contribution < 1.29 is 24.9 Å². The Morgan fingerprint density at radius 2 is 1.83 bits per heavy atom. The van der Waals surface area contributed by atoms with Gasteiger partial charge < -0.3 is 15.3 Å². The molecule has 1 aliphatic carbocycles. The fraction of sp³-hybridized carbons (Fsp3) is 0.833. The van der Waals surface area contributed by atoms with Gasteiger partial charge in [0.25, 0.3) is 0 Å². The van der Waals surface area contributed by atoms with Gasteiger partial charge in [0.1, 0.15) is 12.4 Å². The van der Waals surface area contributed by atoms with E-state index in [1.807, 2.05) is 19.1 Å². The van der Waals surface area contributed by atoms with Crippen molar-refractivity contribution in [1.82, 2.24) is 0 Å². The summed E-state index contributed by atoms with van der Waals surface area (Å²) in [6.45, 7) is 3.65. The zero-order valence-corrected chi connectivity index (χ0v) is 18.4. The standard InChI is InChI=1S/C24H42O5/c1-3-4-5-10-15-24(2,29)16-11-14-21-20(22(27)17-23(21)28)13-9-7-6-8-12-19(26)18-25/h11,14,20-21,23,25,28-29H,3-10,12-13,15-18H2,1-2H3/t20-,21-,23-,24?/m1/s1. The highest BCUT2D eigenvalue weighted by Crippen LogP contribution is 2.34. The van der Waals surface area contributed by atoms with E-state index in [1.54, 1.807) is 0 Å². The third-order valence-corrected chi connectivity index (χ3v) is 6.11. The van der Waals surface area contributed by atoms with Crippen LogP contribution >= 0.6 is 0 Å². The molecule has 1 rings (SSSR count). The van der Waals surface area contributed by atoms with Crippen molar-refractivity contribution in [2.75, 3.05) is 6.61 Å². The number of unbranched alkanes of at least 4 members (excludes halogenated alkanes) is 6. The van der Waals surface area contributed by atoms with Gasteiger partial charge in [-0.2, -0.15) is 0 Å².